The zero-order valence-electron chi connectivity index (χ0n) is 42.8. The van der Waals surface area contributed by atoms with Crippen LogP contribution in [0.15, 0.2) is 0 Å². The second-order valence-corrected chi connectivity index (χ2v) is 19.1. The Morgan fingerprint density at radius 1 is 0.528 bits per heavy atom. The summed E-state index contributed by atoms with van der Waals surface area (Å²) in [6.45, 7) is 8.35. The summed E-state index contributed by atoms with van der Waals surface area (Å²) in [7, 11) is 0. The highest BCUT2D eigenvalue weighted by Gasteiger charge is 2.39. The highest BCUT2D eigenvalue weighted by Crippen LogP contribution is 2.20. The number of carboxylic acids is 1. The van der Waals surface area contributed by atoms with Gasteiger partial charge in [-0.05, 0) is 108 Å². The van der Waals surface area contributed by atoms with Crippen LogP contribution in [0.5, 0.6) is 0 Å². The van der Waals surface area contributed by atoms with Crippen LogP contribution < -0.4 is 65.5 Å². The summed E-state index contributed by atoms with van der Waals surface area (Å²) in [5, 5.41) is 49.5. The first-order valence-electron chi connectivity index (χ1n) is 25.0. The number of hydrogen-bond donors (Lipinski definition) is 15. The minimum atomic E-state index is -1.71. The Morgan fingerprint density at radius 2 is 0.944 bits per heavy atom. The molecule has 0 aromatic carbocycles. The van der Waals surface area contributed by atoms with Gasteiger partial charge >= 0.3 is 5.97 Å². The zero-order chi connectivity index (χ0) is 54.7. The molecular formula is C46H85N13O13. The van der Waals surface area contributed by atoms with Gasteiger partial charge in [0.1, 0.15) is 48.3 Å². The van der Waals surface area contributed by atoms with Crippen LogP contribution in [0.2, 0.25) is 0 Å². The van der Waals surface area contributed by atoms with Crippen molar-refractivity contribution < 1.29 is 63.3 Å². The molecule has 0 aliphatic carbocycles. The predicted octanol–water partition coefficient (Wildman–Crippen LogP) is -4.76. The molecule has 72 heavy (non-hydrogen) atoms. The number of amides is 9. The summed E-state index contributed by atoms with van der Waals surface area (Å²) in [5.41, 5.74) is 23.0. The molecule has 26 nitrogen and oxygen atoms in total. The second kappa shape index (κ2) is 34.0. The van der Waals surface area contributed by atoms with Crippen molar-refractivity contribution in [3.8, 4) is 0 Å². The van der Waals surface area contributed by atoms with E-state index in [9.17, 15) is 63.3 Å². The molecule has 0 saturated carbocycles. The average Bonchev–Trinajstić information content (AvgIpc) is 3.83. The molecule has 1 aliphatic heterocycles. The van der Waals surface area contributed by atoms with Crippen LogP contribution in [0.1, 0.15) is 112 Å². The van der Waals surface area contributed by atoms with Crippen molar-refractivity contribution in [3.63, 3.8) is 0 Å². The van der Waals surface area contributed by atoms with Crippen molar-refractivity contribution >= 4 is 59.1 Å². The number of likely N-dealkylation sites (tertiary alicyclic amines) is 1. The van der Waals surface area contributed by atoms with Crippen molar-refractivity contribution in [2.45, 2.75) is 167 Å². The lowest BCUT2D eigenvalue weighted by molar-refractivity contribution is -0.143. The number of rotatable bonds is 35. The number of aliphatic carboxylic acids is 1. The van der Waals surface area contributed by atoms with Gasteiger partial charge in [0.2, 0.25) is 53.2 Å². The minimum absolute atomic E-state index is 0.0951. The van der Waals surface area contributed by atoms with E-state index in [4.69, 9.17) is 22.9 Å². The van der Waals surface area contributed by atoms with Crippen molar-refractivity contribution in [3.05, 3.63) is 0 Å². The molecule has 1 saturated heterocycles. The van der Waals surface area contributed by atoms with E-state index in [0.29, 0.717) is 64.6 Å². The minimum Gasteiger partial charge on any atom is -0.480 e. The highest BCUT2D eigenvalue weighted by atomic mass is 16.4. The number of carbonyl (C=O) groups excluding carboxylic acids is 9. The maximum absolute atomic E-state index is 14.1. The van der Waals surface area contributed by atoms with E-state index >= 15 is 0 Å². The Morgan fingerprint density at radius 3 is 1.42 bits per heavy atom. The Balaban J connectivity index is 3.06. The van der Waals surface area contributed by atoms with E-state index in [-0.39, 0.29) is 38.1 Å². The van der Waals surface area contributed by atoms with Crippen LogP contribution >= 0.6 is 0 Å². The first-order chi connectivity index (χ1) is 34.0. The van der Waals surface area contributed by atoms with E-state index in [1.807, 2.05) is 0 Å². The van der Waals surface area contributed by atoms with E-state index < -0.39 is 145 Å². The molecule has 0 radical (unpaired) electrons. The maximum Gasteiger partial charge on any atom is 0.326 e. The molecule has 9 unspecified atom stereocenters. The first kappa shape index (κ1) is 64.5. The summed E-state index contributed by atoms with van der Waals surface area (Å²) in [6, 6.07) is -11.2. The topological polar surface area (TPSA) is 435 Å². The number of nitrogens with zero attached hydrogens (tertiary/aromatic N) is 1. The lowest BCUT2D eigenvalue weighted by Gasteiger charge is -2.30. The molecule has 1 aliphatic rings. The van der Waals surface area contributed by atoms with Crippen molar-refractivity contribution in [1.82, 2.24) is 47.4 Å². The quantitative estimate of drug-likeness (QED) is 0.0265. The van der Waals surface area contributed by atoms with Gasteiger partial charge in [0.15, 0.2) is 0 Å². The largest absolute Gasteiger partial charge is 0.480 e. The second-order valence-electron chi connectivity index (χ2n) is 19.1. The number of nitrogens with one attached hydrogen (secondary N) is 8. The smallest absolute Gasteiger partial charge is 0.326 e. The van der Waals surface area contributed by atoms with Gasteiger partial charge in [0.25, 0.3) is 0 Å². The molecule has 0 bridgehead atoms. The summed E-state index contributed by atoms with van der Waals surface area (Å²) in [4.78, 5) is 134. The van der Waals surface area contributed by atoms with E-state index in [0.717, 1.165) is 0 Å². The third-order valence-corrected chi connectivity index (χ3v) is 12.1. The third-order valence-electron chi connectivity index (χ3n) is 12.1. The molecule has 0 spiro atoms. The summed E-state index contributed by atoms with van der Waals surface area (Å²) in [6.07, 6.45) is 4.11. The lowest BCUT2D eigenvalue weighted by atomic mass is 10.0. The predicted molar refractivity (Wildman–Crippen MR) is 264 cm³/mol. The molecule has 1 fully saturated rings. The molecule has 1 rings (SSSR count). The normalized spacial score (nSPS) is 16.8. The van der Waals surface area contributed by atoms with Gasteiger partial charge in [-0.2, -0.15) is 0 Å². The van der Waals surface area contributed by atoms with Gasteiger partial charge < -0.3 is 85.7 Å². The number of hydrogen-bond acceptors (Lipinski definition) is 16. The Hall–Kier alpha value is -5.54. The molecule has 19 N–H and O–H groups in total. The van der Waals surface area contributed by atoms with Crippen molar-refractivity contribution in [2.75, 3.05) is 45.9 Å². The van der Waals surface area contributed by atoms with Gasteiger partial charge in [0, 0.05) is 6.54 Å². The number of aliphatic hydroxyl groups excluding tert-OH is 2. The van der Waals surface area contributed by atoms with Crippen molar-refractivity contribution in [1.29, 1.82) is 0 Å². The van der Waals surface area contributed by atoms with Crippen LogP contribution in [-0.2, 0) is 47.9 Å². The Bertz CT molecular complexity index is 1790. The molecule has 26 heteroatoms. The van der Waals surface area contributed by atoms with E-state index in [1.54, 1.807) is 41.5 Å². The Kier molecular flexibility index (Phi) is 30.4. The molecule has 0 aromatic heterocycles. The van der Waals surface area contributed by atoms with E-state index in [1.165, 1.54) is 4.90 Å². The number of aliphatic hydroxyl groups is 2. The molecule has 1 heterocycles. The standard InChI is InChI=1S/C46H85N13O13/c1-25(2)35(50)43(68)53-28(14-7-10-18-47)38(63)55-30(16-9-12-20-49)45(70)59-21-13-17-33(59)42(67)51-22-34(62)52-31(23-60)40(65)56-32(24-61)41(66)57-36(26(3)4)44(69)54-29(15-8-11-19-48)39(64)58-37(27(5)6)46(71)72/h25-33,35-37,60-61H,7-24,47-50H2,1-6H3,(H,51,67)(H,52,62)(H,53,68)(H,54,69)(H,55,63)(H,56,65)(H,57,66)(H,58,64)(H,71,72). The highest BCUT2D eigenvalue weighted by molar-refractivity contribution is 5.98. The van der Waals surface area contributed by atoms with E-state index in [2.05, 4.69) is 42.5 Å². The number of unbranched alkanes of at least 4 members (excludes halogenated alkanes) is 3. The summed E-state index contributed by atoms with van der Waals surface area (Å²) >= 11 is 0. The van der Waals surface area contributed by atoms with Crippen molar-refractivity contribution in [2.24, 2.45) is 40.7 Å². The van der Waals surface area contributed by atoms with Crippen LogP contribution in [0.3, 0.4) is 0 Å². The monoisotopic (exact) mass is 1030 g/mol. The molecule has 9 amide bonds. The van der Waals surface area contributed by atoms with Crippen LogP contribution in [0.25, 0.3) is 0 Å². The molecule has 9 atom stereocenters. The number of carbonyl (C=O) groups is 10. The van der Waals surface area contributed by atoms with Gasteiger partial charge in [-0.3, -0.25) is 43.2 Å². The first-order valence-corrected chi connectivity index (χ1v) is 25.0. The third kappa shape index (κ3) is 22.1. The van der Waals surface area contributed by atoms with Gasteiger partial charge in [0.05, 0.1) is 25.8 Å². The summed E-state index contributed by atoms with van der Waals surface area (Å²) in [5.74, 6) is -9.68. The molecular weight excluding hydrogens is 943 g/mol. The molecule has 412 valence electrons. The number of carboxylic acid groups (broad SMARTS) is 1. The fourth-order valence-electron chi connectivity index (χ4n) is 7.63. The van der Waals surface area contributed by atoms with Crippen LogP contribution in [-0.4, -0.2) is 180 Å². The van der Waals surface area contributed by atoms with Gasteiger partial charge in [-0.15, -0.1) is 0 Å². The average molecular weight is 1030 g/mol. The fraction of sp³-hybridized carbons (Fsp3) is 0.783. The molecule has 0 aromatic rings. The van der Waals surface area contributed by atoms with Gasteiger partial charge in [-0.1, -0.05) is 41.5 Å². The van der Waals surface area contributed by atoms with Crippen LogP contribution in [0.4, 0.5) is 0 Å². The maximum atomic E-state index is 14.1. The van der Waals surface area contributed by atoms with Crippen LogP contribution in [0, 0.1) is 17.8 Å². The Labute approximate surface area is 422 Å². The SMILES string of the molecule is CC(C)C(N)C(=O)NC(CCCCN)C(=O)NC(CCCCN)C(=O)N1CCCC1C(=O)NCC(=O)NC(CO)C(=O)NC(CO)C(=O)NC(C(=O)NC(CCCCN)C(=O)NC(C(=O)O)C(C)C)C(C)C. The summed E-state index contributed by atoms with van der Waals surface area (Å²) < 4.78 is 0. The zero-order valence-corrected chi connectivity index (χ0v) is 42.8. The number of nitrogens with two attached hydrogens (primary N) is 4. The lowest BCUT2D eigenvalue weighted by Crippen LogP contribution is -2.61. The fourth-order valence-corrected chi connectivity index (χ4v) is 7.63. The van der Waals surface area contributed by atoms with Gasteiger partial charge in [-0.25, -0.2) is 4.79 Å².